The van der Waals surface area contributed by atoms with Crippen LogP contribution in [0, 0.1) is 17.2 Å². The summed E-state index contributed by atoms with van der Waals surface area (Å²) in [6.45, 7) is 0.502. The molecule has 1 aliphatic carbocycles. The zero-order chi connectivity index (χ0) is 15.8. The zero-order valence-electron chi connectivity index (χ0n) is 12.6. The Morgan fingerprint density at radius 3 is 2.45 bits per heavy atom. The van der Waals surface area contributed by atoms with E-state index in [9.17, 15) is 9.59 Å². The number of hydrogen-bond donors (Lipinski definition) is 2. The minimum Gasteiger partial charge on any atom is -0.352 e. The smallest absolute Gasteiger partial charge is 0.238 e. The van der Waals surface area contributed by atoms with Crippen LogP contribution >= 0.6 is 0 Å². The number of nitrogens with one attached hydrogen (secondary N) is 2. The van der Waals surface area contributed by atoms with Crippen molar-refractivity contribution in [2.24, 2.45) is 5.92 Å². The van der Waals surface area contributed by atoms with E-state index in [-0.39, 0.29) is 24.2 Å². The lowest BCUT2D eigenvalue weighted by atomic mass is 9.88. The summed E-state index contributed by atoms with van der Waals surface area (Å²) in [5.74, 6) is -0.00903. The fourth-order valence-corrected chi connectivity index (χ4v) is 2.68. The van der Waals surface area contributed by atoms with E-state index < -0.39 is 0 Å². The Morgan fingerprint density at radius 1 is 1.14 bits per heavy atom. The Hall–Kier alpha value is -2.35. The highest BCUT2D eigenvalue weighted by Gasteiger charge is 2.20. The van der Waals surface area contributed by atoms with Crippen LogP contribution in [-0.2, 0) is 16.1 Å². The van der Waals surface area contributed by atoms with Crippen molar-refractivity contribution in [1.82, 2.24) is 5.32 Å². The molecule has 1 aromatic carbocycles. The van der Waals surface area contributed by atoms with Crippen molar-refractivity contribution in [3.8, 4) is 6.07 Å². The third-order valence-electron chi connectivity index (χ3n) is 3.92. The van der Waals surface area contributed by atoms with Crippen molar-refractivity contribution in [2.75, 3.05) is 5.32 Å². The van der Waals surface area contributed by atoms with Gasteiger partial charge in [0.2, 0.25) is 11.8 Å². The molecule has 1 saturated carbocycles. The molecule has 0 unspecified atom stereocenters. The standard InChI is InChI=1S/C17H21N3O2/c18-11-10-16(21)20-15-8-6-13(7-9-15)12-19-17(22)14-4-2-1-3-5-14/h6-9,14H,1-5,10,12H2,(H,19,22)(H,20,21). The second-order valence-corrected chi connectivity index (χ2v) is 5.63. The molecule has 22 heavy (non-hydrogen) atoms. The van der Waals surface area contributed by atoms with Crippen LogP contribution in [0.2, 0.25) is 0 Å². The van der Waals surface area contributed by atoms with Crippen LogP contribution in [0.5, 0.6) is 0 Å². The highest BCUT2D eigenvalue weighted by atomic mass is 16.2. The van der Waals surface area contributed by atoms with Crippen molar-refractivity contribution in [1.29, 1.82) is 5.26 Å². The number of hydrogen-bond acceptors (Lipinski definition) is 3. The lowest BCUT2D eigenvalue weighted by Crippen LogP contribution is -2.31. The van der Waals surface area contributed by atoms with Crippen LogP contribution in [0.4, 0.5) is 5.69 Å². The van der Waals surface area contributed by atoms with Crippen molar-refractivity contribution in [3.05, 3.63) is 29.8 Å². The SMILES string of the molecule is N#CCC(=O)Nc1ccc(CNC(=O)C2CCCCC2)cc1. The van der Waals surface area contributed by atoms with Crippen LogP contribution in [0.15, 0.2) is 24.3 Å². The Labute approximate surface area is 130 Å². The molecule has 0 bridgehead atoms. The maximum atomic E-state index is 12.1. The molecule has 1 aromatic rings. The van der Waals surface area contributed by atoms with Gasteiger partial charge in [-0.3, -0.25) is 9.59 Å². The molecule has 0 atom stereocenters. The Balaban J connectivity index is 1.79. The van der Waals surface area contributed by atoms with Gasteiger partial charge in [-0.25, -0.2) is 0 Å². The molecule has 1 fully saturated rings. The number of anilines is 1. The van der Waals surface area contributed by atoms with Crippen LogP contribution in [0.3, 0.4) is 0 Å². The largest absolute Gasteiger partial charge is 0.352 e. The molecule has 2 N–H and O–H groups in total. The van der Waals surface area contributed by atoms with Crippen molar-refractivity contribution < 1.29 is 9.59 Å². The molecule has 0 aliphatic heterocycles. The maximum Gasteiger partial charge on any atom is 0.238 e. The lowest BCUT2D eigenvalue weighted by molar-refractivity contribution is -0.126. The van der Waals surface area contributed by atoms with Gasteiger partial charge in [0.25, 0.3) is 0 Å². The number of nitrogens with zero attached hydrogens (tertiary/aromatic N) is 1. The van der Waals surface area contributed by atoms with Crippen molar-refractivity contribution in [3.63, 3.8) is 0 Å². The summed E-state index contributed by atoms with van der Waals surface area (Å²) >= 11 is 0. The molecule has 0 heterocycles. The van der Waals surface area contributed by atoms with E-state index in [1.165, 1.54) is 6.42 Å². The molecule has 2 rings (SSSR count). The van der Waals surface area contributed by atoms with Crippen LogP contribution in [0.25, 0.3) is 0 Å². The van der Waals surface area contributed by atoms with E-state index in [2.05, 4.69) is 10.6 Å². The van der Waals surface area contributed by atoms with Gasteiger partial charge in [-0.15, -0.1) is 0 Å². The fraction of sp³-hybridized carbons (Fsp3) is 0.471. The first kappa shape index (κ1) is 16.0. The predicted molar refractivity (Wildman–Crippen MR) is 83.7 cm³/mol. The quantitative estimate of drug-likeness (QED) is 0.877. The molecule has 116 valence electrons. The first-order valence-corrected chi connectivity index (χ1v) is 7.72. The number of carbonyl (C=O) groups excluding carboxylic acids is 2. The highest BCUT2D eigenvalue weighted by molar-refractivity contribution is 5.92. The van der Waals surface area contributed by atoms with Gasteiger partial charge in [-0.1, -0.05) is 31.4 Å². The number of amides is 2. The minimum atomic E-state index is -0.319. The summed E-state index contributed by atoms with van der Waals surface area (Å²) < 4.78 is 0. The lowest BCUT2D eigenvalue weighted by Gasteiger charge is -2.20. The summed E-state index contributed by atoms with van der Waals surface area (Å²) in [5, 5.41) is 14.1. The van der Waals surface area contributed by atoms with Crippen LogP contribution in [-0.4, -0.2) is 11.8 Å². The first-order valence-electron chi connectivity index (χ1n) is 7.72. The van der Waals surface area contributed by atoms with Gasteiger partial charge in [-0.2, -0.15) is 5.26 Å². The summed E-state index contributed by atoms with van der Waals surface area (Å²) in [5.41, 5.74) is 1.64. The summed E-state index contributed by atoms with van der Waals surface area (Å²) in [7, 11) is 0. The number of benzene rings is 1. The number of rotatable bonds is 5. The second-order valence-electron chi connectivity index (χ2n) is 5.63. The number of nitriles is 1. The number of carbonyl (C=O) groups is 2. The molecule has 5 nitrogen and oxygen atoms in total. The molecule has 0 aromatic heterocycles. The van der Waals surface area contributed by atoms with Gasteiger partial charge < -0.3 is 10.6 Å². The molecule has 0 saturated heterocycles. The van der Waals surface area contributed by atoms with Crippen molar-refractivity contribution >= 4 is 17.5 Å². The molecular weight excluding hydrogens is 278 g/mol. The van der Waals surface area contributed by atoms with Gasteiger partial charge in [0.15, 0.2) is 0 Å². The molecule has 2 amide bonds. The van der Waals surface area contributed by atoms with Crippen LogP contribution in [0.1, 0.15) is 44.1 Å². The highest BCUT2D eigenvalue weighted by Crippen LogP contribution is 2.23. The van der Waals surface area contributed by atoms with Gasteiger partial charge in [0, 0.05) is 18.2 Å². The monoisotopic (exact) mass is 299 g/mol. The molecular formula is C17H21N3O2. The topological polar surface area (TPSA) is 82.0 Å². The molecule has 1 aliphatic rings. The Bertz CT molecular complexity index is 554. The van der Waals surface area contributed by atoms with E-state index in [1.807, 2.05) is 12.1 Å². The van der Waals surface area contributed by atoms with E-state index in [4.69, 9.17) is 5.26 Å². The van der Waals surface area contributed by atoms with Gasteiger partial charge in [0.05, 0.1) is 6.07 Å². The predicted octanol–water partition coefficient (Wildman–Crippen LogP) is 2.74. The third kappa shape index (κ3) is 4.88. The zero-order valence-corrected chi connectivity index (χ0v) is 12.6. The third-order valence-corrected chi connectivity index (χ3v) is 3.92. The van der Waals surface area contributed by atoms with Gasteiger partial charge >= 0.3 is 0 Å². The maximum absolute atomic E-state index is 12.1. The van der Waals surface area contributed by atoms with E-state index in [0.717, 1.165) is 31.2 Å². The normalized spacial score (nSPS) is 14.9. The van der Waals surface area contributed by atoms with E-state index in [1.54, 1.807) is 18.2 Å². The molecule has 0 spiro atoms. The van der Waals surface area contributed by atoms with Gasteiger partial charge in [0.1, 0.15) is 6.42 Å². The summed E-state index contributed by atoms with van der Waals surface area (Å²) in [4.78, 5) is 23.4. The fourth-order valence-electron chi connectivity index (χ4n) is 2.68. The minimum absolute atomic E-state index is 0.145. The first-order chi connectivity index (χ1) is 10.7. The molecule has 0 radical (unpaired) electrons. The Kier molecular flexibility index (Phi) is 5.96. The Morgan fingerprint density at radius 2 is 1.82 bits per heavy atom. The molecule has 5 heteroatoms. The summed E-state index contributed by atoms with van der Waals surface area (Å²) in [6.07, 6.45) is 5.37. The van der Waals surface area contributed by atoms with Gasteiger partial charge in [-0.05, 0) is 30.5 Å². The van der Waals surface area contributed by atoms with E-state index >= 15 is 0 Å². The van der Waals surface area contributed by atoms with Crippen molar-refractivity contribution in [2.45, 2.75) is 45.1 Å². The summed E-state index contributed by atoms with van der Waals surface area (Å²) in [6, 6.07) is 9.08. The average molecular weight is 299 g/mol. The van der Waals surface area contributed by atoms with Crippen LogP contribution < -0.4 is 10.6 Å². The van der Waals surface area contributed by atoms with E-state index in [0.29, 0.717) is 12.2 Å². The average Bonchev–Trinajstić information content (AvgIpc) is 2.55. The second kappa shape index (κ2) is 8.18.